The molecule has 8 aromatic carbocycles. The monoisotopic (exact) mass is 711 g/mol. The molecule has 3 nitrogen and oxygen atoms in total. The maximum absolute atomic E-state index is 5.32. The van der Waals surface area contributed by atoms with Crippen molar-refractivity contribution in [2.75, 3.05) is 0 Å². The number of benzene rings is 8. The van der Waals surface area contributed by atoms with Crippen molar-refractivity contribution in [3.8, 4) is 61.8 Å². The Bertz CT molecular complexity index is 3090. The van der Waals surface area contributed by atoms with E-state index in [4.69, 9.17) is 9.97 Å². The van der Waals surface area contributed by atoms with E-state index in [9.17, 15) is 0 Å². The summed E-state index contributed by atoms with van der Waals surface area (Å²) < 4.78 is 2.51. The molecule has 3 heteroatoms. The van der Waals surface area contributed by atoms with Crippen LogP contribution in [0.5, 0.6) is 0 Å². The van der Waals surface area contributed by atoms with Gasteiger partial charge in [-0.15, -0.1) is 0 Å². The molecule has 0 bridgehead atoms. The maximum Gasteiger partial charge on any atom is 0.160 e. The lowest BCUT2D eigenvalue weighted by Crippen LogP contribution is -2.25. The Morgan fingerprint density at radius 3 is 1.62 bits per heavy atom. The standard InChI is InChI=1S/C53H33N3/c1-3-17-34(18-4-1)46-33-47(55-52(54-46)35-19-5-2-6-20-35)41-25-11-16-30-49(41)56-48-29-15-10-23-38(48)39-31-32-45-50(51(39)56)40-24-9-14-28-44(40)53(45)42-26-12-7-21-36(42)37-22-8-13-27-43(37)53/h1-33H. The van der Waals surface area contributed by atoms with Gasteiger partial charge in [0.15, 0.2) is 5.82 Å². The van der Waals surface area contributed by atoms with E-state index in [-0.39, 0.29) is 0 Å². The smallest absolute Gasteiger partial charge is 0.160 e. The Kier molecular flexibility index (Phi) is 6.55. The predicted molar refractivity (Wildman–Crippen MR) is 229 cm³/mol. The third kappa shape index (κ3) is 4.17. The molecular formula is C53H33N3. The normalized spacial score (nSPS) is 13.1. The topological polar surface area (TPSA) is 30.7 Å². The molecule has 0 unspecified atom stereocenters. The van der Waals surface area contributed by atoms with Gasteiger partial charge >= 0.3 is 0 Å². The molecule has 0 radical (unpaired) electrons. The lowest BCUT2D eigenvalue weighted by Gasteiger charge is -2.30. The highest BCUT2D eigenvalue weighted by Crippen LogP contribution is 2.64. The molecule has 1 spiro atoms. The highest BCUT2D eigenvalue weighted by Gasteiger charge is 2.52. The van der Waals surface area contributed by atoms with Crippen LogP contribution in [0.1, 0.15) is 22.3 Å². The van der Waals surface area contributed by atoms with Gasteiger partial charge in [-0.25, -0.2) is 9.97 Å². The molecule has 56 heavy (non-hydrogen) atoms. The molecule has 0 aliphatic heterocycles. The number of nitrogens with zero attached hydrogens (tertiary/aromatic N) is 3. The summed E-state index contributed by atoms with van der Waals surface area (Å²) in [6.45, 7) is 0. The third-order valence-corrected chi connectivity index (χ3v) is 12.0. The lowest BCUT2D eigenvalue weighted by atomic mass is 9.70. The van der Waals surface area contributed by atoms with Gasteiger partial charge in [-0.05, 0) is 57.1 Å². The van der Waals surface area contributed by atoms with E-state index in [0.29, 0.717) is 5.82 Å². The molecule has 2 heterocycles. The zero-order valence-electron chi connectivity index (χ0n) is 30.4. The summed E-state index contributed by atoms with van der Waals surface area (Å²) in [5.74, 6) is 0.703. The van der Waals surface area contributed by atoms with Crippen molar-refractivity contribution in [1.29, 1.82) is 0 Å². The van der Waals surface area contributed by atoms with Crippen molar-refractivity contribution in [3.05, 3.63) is 222 Å². The molecule has 0 N–H and O–H groups in total. The first-order chi connectivity index (χ1) is 27.8. The largest absolute Gasteiger partial charge is 0.308 e. The Labute approximate surface area is 324 Å². The average molecular weight is 712 g/mol. The van der Waals surface area contributed by atoms with Crippen molar-refractivity contribution in [2.45, 2.75) is 5.41 Å². The summed E-state index contributed by atoms with van der Waals surface area (Å²) in [4.78, 5) is 10.4. The molecule has 0 saturated carbocycles. The van der Waals surface area contributed by atoms with E-state index < -0.39 is 5.41 Å². The van der Waals surface area contributed by atoms with Gasteiger partial charge in [0, 0.05) is 33.0 Å². The number of hydrogen-bond donors (Lipinski definition) is 0. The summed E-state index contributed by atoms with van der Waals surface area (Å²) in [7, 11) is 0. The number of rotatable bonds is 4. The van der Waals surface area contributed by atoms with E-state index in [1.165, 1.54) is 60.8 Å². The fraction of sp³-hybridized carbons (Fsp3) is 0.0189. The Balaban J connectivity index is 1.19. The van der Waals surface area contributed by atoms with Gasteiger partial charge in [-0.2, -0.15) is 0 Å². The van der Waals surface area contributed by atoms with Gasteiger partial charge in [0.1, 0.15) is 0 Å². The molecule has 0 saturated heterocycles. The highest BCUT2D eigenvalue weighted by atomic mass is 15.0. The number of para-hydroxylation sites is 2. The summed E-state index contributed by atoms with van der Waals surface area (Å²) in [5.41, 5.74) is 18.4. The van der Waals surface area contributed by atoms with Crippen molar-refractivity contribution >= 4 is 21.8 Å². The van der Waals surface area contributed by atoms with Gasteiger partial charge in [-0.1, -0.05) is 182 Å². The Morgan fingerprint density at radius 2 is 0.911 bits per heavy atom. The molecule has 12 rings (SSSR count). The number of fused-ring (bicyclic) bond motifs is 14. The van der Waals surface area contributed by atoms with Crippen molar-refractivity contribution < 1.29 is 0 Å². The van der Waals surface area contributed by atoms with Crippen LogP contribution in [0.4, 0.5) is 0 Å². The maximum atomic E-state index is 5.32. The van der Waals surface area contributed by atoms with Crippen LogP contribution in [0.3, 0.4) is 0 Å². The fourth-order valence-corrected chi connectivity index (χ4v) is 9.83. The summed E-state index contributed by atoms with van der Waals surface area (Å²) in [5, 5.41) is 2.46. The Morgan fingerprint density at radius 1 is 0.375 bits per heavy atom. The second kappa shape index (κ2) is 11.8. The summed E-state index contributed by atoms with van der Waals surface area (Å²) in [6, 6.07) is 72.4. The van der Waals surface area contributed by atoms with E-state index in [1.54, 1.807) is 0 Å². The Hall–Kier alpha value is -7.36. The molecule has 260 valence electrons. The molecule has 0 amide bonds. The van der Waals surface area contributed by atoms with E-state index in [2.05, 4.69) is 180 Å². The van der Waals surface area contributed by atoms with Crippen LogP contribution >= 0.6 is 0 Å². The number of hydrogen-bond acceptors (Lipinski definition) is 2. The third-order valence-electron chi connectivity index (χ3n) is 12.0. The minimum atomic E-state index is -0.435. The van der Waals surface area contributed by atoms with Gasteiger partial charge in [0.25, 0.3) is 0 Å². The predicted octanol–water partition coefficient (Wildman–Crippen LogP) is 12.9. The molecule has 2 aliphatic rings. The first-order valence-electron chi connectivity index (χ1n) is 19.3. The SMILES string of the molecule is c1ccc(-c2cc(-c3ccccc3-n3c4ccccc4c4ccc5c(c43)-c3ccccc3C53c4ccccc4-c4ccccc43)nc(-c3ccccc3)n2)cc1. The quantitative estimate of drug-likeness (QED) is 0.182. The minimum Gasteiger partial charge on any atom is -0.308 e. The second-order valence-electron chi connectivity index (χ2n) is 14.8. The van der Waals surface area contributed by atoms with Gasteiger partial charge in [0.05, 0.1) is 33.5 Å². The average Bonchev–Trinajstić information content (AvgIpc) is 3.89. The first kappa shape index (κ1) is 31.0. The summed E-state index contributed by atoms with van der Waals surface area (Å²) >= 11 is 0. The zero-order chi connectivity index (χ0) is 36.8. The van der Waals surface area contributed by atoms with E-state index in [1.807, 2.05) is 24.3 Å². The molecule has 10 aromatic rings. The fourth-order valence-electron chi connectivity index (χ4n) is 9.83. The second-order valence-corrected chi connectivity index (χ2v) is 14.8. The van der Waals surface area contributed by atoms with Crippen molar-refractivity contribution in [3.63, 3.8) is 0 Å². The van der Waals surface area contributed by atoms with Crippen LogP contribution in [0.15, 0.2) is 200 Å². The molecule has 2 aromatic heterocycles. The molecule has 2 aliphatic carbocycles. The zero-order valence-corrected chi connectivity index (χ0v) is 30.4. The van der Waals surface area contributed by atoms with E-state index >= 15 is 0 Å². The van der Waals surface area contributed by atoms with Crippen LogP contribution < -0.4 is 0 Å². The van der Waals surface area contributed by atoms with Crippen LogP contribution in [0.2, 0.25) is 0 Å². The number of aromatic nitrogens is 3. The van der Waals surface area contributed by atoms with Crippen LogP contribution in [0, 0.1) is 0 Å². The first-order valence-corrected chi connectivity index (χ1v) is 19.3. The highest BCUT2D eigenvalue weighted by molar-refractivity contribution is 6.17. The van der Waals surface area contributed by atoms with Crippen molar-refractivity contribution in [1.82, 2.24) is 14.5 Å². The molecular weight excluding hydrogens is 679 g/mol. The summed E-state index contributed by atoms with van der Waals surface area (Å²) in [6.07, 6.45) is 0. The van der Waals surface area contributed by atoms with E-state index in [0.717, 1.165) is 39.3 Å². The van der Waals surface area contributed by atoms with Crippen molar-refractivity contribution in [2.24, 2.45) is 0 Å². The van der Waals surface area contributed by atoms with Crippen LogP contribution in [-0.4, -0.2) is 14.5 Å². The minimum absolute atomic E-state index is 0.435. The molecule has 0 fully saturated rings. The van der Waals surface area contributed by atoms with Gasteiger partial charge in [-0.3, -0.25) is 0 Å². The molecule has 0 atom stereocenters. The van der Waals surface area contributed by atoms with Gasteiger partial charge in [0.2, 0.25) is 0 Å². The van der Waals surface area contributed by atoms with Gasteiger partial charge < -0.3 is 4.57 Å². The van der Waals surface area contributed by atoms with Crippen LogP contribution in [-0.2, 0) is 5.41 Å². The lowest BCUT2D eigenvalue weighted by molar-refractivity contribution is 0.794. The van der Waals surface area contributed by atoms with Crippen LogP contribution in [0.25, 0.3) is 83.6 Å².